The van der Waals surface area contributed by atoms with E-state index in [0.29, 0.717) is 56.4 Å². The van der Waals surface area contributed by atoms with E-state index in [0.717, 1.165) is 39.4 Å². The van der Waals surface area contributed by atoms with Crippen molar-refractivity contribution in [3.8, 4) is 11.1 Å². The minimum atomic E-state index is -6.16. The summed E-state index contributed by atoms with van der Waals surface area (Å²) in [6.07, 6.45) is 1.47. The number of nitrogens with one attached hydrogen (secondary N) is 2. The summed E-state index contributed by atoms with van der Waals surface area (Å²) in [6.45, 7) is 6.78. The number of benzene rings is 5. The standard InChI is InChI=1S/C50H54ClF3N4O8S3/c1-49(2,3)66-48(61)58-27-9-10-39(58)30-37(32-67-40-11-5-4-6-12-40)55-44-24-23-41(31-45(44)68(62,63)50(52,53)54)69(64,65)56-47(60)35-17-21-38(22-18-35)57-28-25-34(26-29-57)46(59)43-14-8-7-13-42(43)33-15-19-36(51)20-16-33/h4-8,11-24,31,34,37,39,46,55,59H,9-10,25-30,32H2,1-3H3,(H,56,60)/t37-,39+,46-/m1/s1. The topological polar surface area (TPSA) is 162 Å². The van der Waals surface area contributed by atoms with Gasteiger partial charge in [-0.05, 0) is 142 Å². The summed E-state index contributed by atoms with van der Waals surface area (Å²) in [5, 5.41) is 15.1. The largest absolute Gasteiger partial charge is 0.501 e. The van der Waals surface area contributed by atoms with E-state index in [1.807, 2.05) is 71.5 Å². The van der Waals surface area contributed by atoms with Gasteiger partial charge in [-0.15, -0.1) is 11.8 Å². The van der Waals surface area contributed by atoms with Crippen molar-refractivity contribution in [1.82, 2.24) is 9.62 Å². The average molecular weight is 1030 g/mol. The number of carbonyl (C=O) groups excluding carboxylic acids is 2. The van der Waals surface area contributed by atoms with E-state index in [9.17, 15) is 44.7 Å². The quantitative estimate of drug-likeness (QED) is 0.0856. The molecule has 5 aromatic carbocycles. The van der Waals surface area contributed by atoms with Crippen LogP contribution in [0.4, 0.5) is 29.3 Å². The molecule has 2 aliphatic rings. The van der Waals surface area contributed by atoms with Crippen molar-refractivity contribution in [1.29, 1.82) is 0 Å². The van der Waals surface area contributed by atoms with Crippen LogP contribution in [-0.4, -0.2) is 87.4 Å². The molecule has 2 amide bonds. The van der Waals surface area contributed by atoms with Gasteiger partial charge in [-0.2, -0.15) is 13.2 Å². The minimum Gasteiger partial charge on any atom is -0.444 e. The van der Waals surface area contributed by atoms with Gasteiger partial charge in [-0.1, -0.05) is 66.2 Å². The second-order valence-corrected chi connectivity index (χ2v) is 23.2. The van der Waals surface area contributed by atoms with Gasteiger partial charge < -0.3 is 25.0 Å². The molecule has 2 heterocycles. The van der Waals surface area contributed by atoms with Crippen LogP contribution in [0.15, 0.2) is 136 Å². The summed E-state index contributed by atoms with van der Waals surface area (Å²) in [5.41, 5.74) is -3.74. The van der Waals surface area contributed by atoms with Crippen LogP contribution in [0.3, 0.4) is 0 Å². The Morgan fingerprint density at radius 3 is 2.14 bits per heavy atom. The molecule has 12 nitrogen and oxygen atoms in total. The van der Waals surface area contributed by atoms with Crippen LogP contribution in [0, 0.1) is 5.92 Å². The number of aliphatic hydroxyl groups is 1. The number of piperidine rings is 1. The van der Waals surface area contributed by atoms with Gasteiger partial charge in [0.15, 0.2) is 0 Å². The van der Waals surface area contributed by atoms with Crippen molar-refractivity contribution in [3.05, 3.63) is 137 Å². The molecule has 3 N–H and O–H groups in total. The molecule has 7 rings (SSSR count). The highest BCUT2D eigenvalue weighted by molar-refractivity contribution is 7.99. The Balaban J connectivity index is 1.05. The van der Waals surface area contributed by atoms with E-state index in [1.165, 1.54) is 23.9 Å². The van der Waals surface area contributed by atoms with Crippen molar-refractivity contribution in [2.75, 3.05) is 35.6 Å². The Bertz CT molecular complexity index is 2830. The summed E-state index contributed by atoms with van der Waals surface area (Å²) < 4.78 is 104. The maximum atomic E-state index is 14.3. The van der Waals surface area contributed by atoms with E-state index in [4.69, 9.17) is 16.3 Å². The molecule has 19 heteroatoms. The summed E-state index contributed by atoms with van der Waals surface area (Å²) in [4.78, 5) is 28.8. The zero-order valence-corrected chi connectivity index (χ0v) is 41.4. The Kier molecular flexibility index (Phi) is 16.0. The van der Waals surface area contributed by atoms with Crippen LogP contribution in [0.5, 0.6) is 0 Å². The third-order valence-electron chi connectivity index (χ3n) is 12.1. The number of hydrogen-bond acceptors (Lipinski definition) is 11. The minimum absolute atomic E-state index is 0.0322. The average Bonchev–Trinajstić information content (AvgIpc) is 3.78. The number of anilines is 2. The third kappa shape index (κ3) is 12.7. The van der Waals surface area contributed by atoms with Crippen LogP contribution in [0.1, 0.15) is 74.9 Å². The smallest absolute Gasteiger partial charge is 0.444 e. The molecule has 2 aliphatic heterocycles. The summed E-state index contributed by atoms with van der Waals surface area (Å²) in [6, 6.07) is 31.5. The zero-order chi connectivity index (χ0) is 49.7. The maximum absolute atomic E-state index is 14.3. The first kappa shape index (κ1) is 51.6. The number of thioether (sulfide) groups is 1. The molecule has 2 fully saturated rings. The Labute approximate surface area is 410 Å². The summed E-state index contributed by atoms with van der Waals surface area (Å²) in [7, 11) is -11.1. The lowest BCUT2D eigenvalue weighted by atomic mass is 9.84. The van der Waals surface area contributed by atoms with E-state index in [2.05, 4.69) is 10.2 Å². The third-order valence-corrected chi connectivity index (χ3v) is 16.4. The van der Waals surface area contributed by atoms with E-state index in [-0.39, 0.29) is 23.7 Å². The number of sulfone groups is 1. The second-order valence-electron chi connectivity index (χ2n) is 18.1. The lowest BCUT2D eigenvalue weighted by Gasteiger charge is -2.36. The molecule has 3 atom stereocenters. The number of ether oxygens (including phenoxy) is 1. The molecule has 0 unspecified atom stereocenters. The first-order valence-corrected chi connectivity index (χ1v) is 26.8. The highest BCUT2D eigenvalue weighted by atomic mass is 35.5. The van der Waals surface area contributed by atoms with Crippen LogP contribution in [0.25, 0.3) is 11.1 Å². The molecule has 0 saturated carbocycles. The SMILES string of the molecule is CC(C)(C)OC(=O)N1CCC[C@H]1C[C@H](CSc1ccccc1)Nc1ccc(S(=O)(=O)NC(=O)c2ccc(N3CCC([C@@H](O)c4ccccc4-c4ccc(Cl)cc4)CC3)cc2)cc1S(=O)(=O)C(F)(F)F. The monoisotopic (exact) mass is 1030 g/mol. The fourth-order valence-corrected chi connectivity index (χ4v) is 11.8. The Hall–Kier alpha value is -5.27. The number of alkyl halides is 3. The number of sulfonamides is 1. The number of carbonyl (C=O) groups is 2. The number of amides is 2. The predicted octanol–water partition coefficient (Wildman–Crippen LogP) is 10.7. The maximum Gasteiger partial charge on any atom is 0.501 e. The van der Waals surface area contributed by atoms with Gasteiger partial charge in [-0.25, -0.2) is 26.4 Å². The van der Waals surface area contributed by atoms with Crippen molar-refractivity contribution in [2.24, 2.45) is 5.92 Å². The molecule has 0 spiro atoms. The van der Waals surface area contributed by atoms with Crippen LogP contribution >= 0.6 is 23.4 Å². The van der Waals surface area contributed by atoms with Gasteiger partial charge >= 0.3 is 11.6 Å². The predicted molar refractivity (Wildman–Crippen MR) is 263 cm³/mol. The number of aliphatic hydroxyl groups excluding tert-OH is 1. The number of likely N-dealkylation sites (tertiary alicyclic amines) is 1. The summed E-state index contributed by atoms with van der Waals surface area (Å²) in [5.74, 6) is -0.893. The van der Waals surface area contributed by atoms with Crippen LogP contribution in [-0.2, 0) is 24.6 Å². The molecule has 0 aromatic heterocycles. The molecule has 69 heavy (non-hydrogen) atoms. The zero-order valence-electron chi connectivity index (χ0n) is 38.2. The first-order valence-electron chi connectivity index (χ1n) is 22.4. The van der Waals surface area contributed by atoms with Gasteiger partial charge in [0.1, 0.15) is 10.5 Å². The molecule has 0 radical (unpaired) electrons. The lowest BCUT2D eigenvalue weighted by Crippen LogP contribution is -2.42. The van der Waals surface area contributed by atoms with Crippen molar-refractivity contribution in [2.45, 2.75) is 96.9 Å². The van der Waals surface area contributed by atoms with Crippen LogP contribution < -0.4 is 14.9 Å². The van der Waals surface area contributed by atoms with Gasteiger partial charge in [0.05, 0.1) is 16.7 Å². The lowest BCUT2D eigenvalue weighted by molar-refractivity contribution is -0.0436. The van der Waals surface area contributed by atoms with Crippen molar-refractivity contribution >= 4 is 66.6 Å². The van der Waals surface area contributed by atoms with Gasteiger partial charge in [0.25, 0.3) is 25.8 Å². The number of nitrogens with zero attached hydrogens (tertiary/aromatic N) is 2. The van der Waals surface area contributed by atoms with E-state index in [1.54, 1.807) is 49.9 Å². The molecule has 2 saturated heterocycles. The van der Waals surface area contributed by atoms with Gasteiger partial charge in [0.2, 0.25) is 0 Å². The Morgan fingerprint density at radius 2 is 1.49 bits per heavy atom. The highest BCUT2D eigenvalue weighted by Gasteiger charge is 2.49. The normalized spacial score (nSPS) is 17.0. The number of halogens is 4. The summed E-state index contributed by atoms with van der Waals surface area (Å²) >= 11 is 7.47. The van der Waals surface area contributed by atoms with Crippen LogP contribution in [0.2, 0.25) is 5.02 Å². The molecule has 0 bridgehead atoms. The molecule has 5 aromatic rings. The number of rotatable bonds is 15. The fourth-order valence-electron chi connectivity index (χ4n) is 8.65. The van der Waals surface area contributed by atoms with Crippen molar-refractivity contribution < 1.29 is 49.4 Å². The second kappa shape index (κ2) is 21.4. The highest BCUT2D eigenvalue weighted by Crippen LogP contribution is 2.39. The van der Waals surface area contributed by atoms with Gasteiger partial charge in [-0.3, -0.25) is 4.79 Å². The van der Waals surface area contributed by atoms with E-state index >= 15 is 0 Å². The molecular formula is C50H54ClF3N4O8S3. The number of hydrogen-bond donors (Lipinski definition) is 3. The van der Waals surface area contributed by atoms with E-state index < -0.39 is 76.6 Å². The van der Waals surface area contributed by atoms with Gasteiger partial charge in [0, 0.05) is 58.6 Å². The first-order chi connectivity index (χ1) is 32.6. The fraction of sp³-hybridized carbons (Fsp3) is 0.360. The molecule has 368 valence electrons. The Morgan fingerprint density at radius 1 is 0.841 bits per heavy atom. The van der Waals surface area contributed by atoms with Crippen molar-refractivity contribution in [3.63, 3.8) is 0 Å². The molecular weight excluding hydrogens is 973 g/mol. The molecule has 0 aliphatic carbocycles.